The second-order valence-corrected chi connectivity index (χ2v) is 7.52. The van der Waals surface area contributed by atoms with Crippen LogP contribution < -0.4 is 0 Å². The van der Waals surface area contributed by atoms with Crippen LogP contribution in [0.2, 0.25) is 0 Å². The van der Waals surface area contributed by atoms with Crippen LogP contribution in [0, 0.1) is 117 Å². The predicted octanol–water partition coefficient (Wildman–Crippen LogP) is 6.74. The van der Waals surface area contributed by atoms with Crippen molar-refractivity contribution in [3.05, 3.63) is 108 Å². The molecular formula is C31H45Fe5MnN12O-3. The van der Waals surface area contributed by atoms with Crippen LogP contribution in [0.4, 0.5) is 0 Å². The molecule has 4 aliphatic heterocycles. The molecule has 0 amide bonds. The van der Waals surface area contributed by atoms with Crippen molar-refractivity contribution in [2.24, 2.45) is 0 Å². The average molecular weight is 936 g/mol. The summed E-state index contributed by atoms with van der Waals surface area (Å²) in [5.41, 5.74) is 0. The molecular weight excluding hydrogens is 891 g/mol. The van der Waals surface area contributed by atoms with Gasteiger partial charge in [-0.05, 0) is 0 Å². The van der Waals surface area contributed by atoms with Crippen molar-refractivity contribution in [2.45, 2.75) is 88.4 Å². The van der Waals surface area contributed by atoms with Gasteiger partial charge in [-0.15, -0.1) is 44.3 Å². The van der Waals surface area contributed by atoms with Gasteiger partial charge in [0.1, 0.15) is 0 Å². The number of hydrogen-bond donors (Lipinski definition) is 0. The Kier molecular flexibility index (Phi) is 229. The SMILES string of the molecule is C1=CC(C2CCCC[N-]2)[N-]CC1.C1CCC(C2CCCC[N-]2)[N-]C1.O.[C-]#N.[C-]#N.[C-]#N.[C-]#N.[C-]#N.[C-]#N.[C-]#N.[C-]#N.[CH3-].[CH3-].[CH3-].[Fe+6].[Fe+6].[Fe].[Fe].[Fe].[Mn]. The first-order valence-corrected chi connectivity index (χ1v) is 12.1. The van der Waals surface area contributed by atoms with Gasteiger partial charge in [0.25, 0.3) is 0 Å². The fraction of sp³-hybridized carbons (Fsp3) is 0.581. The van der Waals surface area contributed by atoms with E-state index in [1.54, 1.807) is 0 Å². The van der Waals surface area contributed by atoms with Crippen LogP contribution in [0.25, 0.3) is 21.3 Å². The molecule has 4 unspecified atom stereocenters. The van der Waals surface area contributed by atoms with Gasteiger partial charge in [0.05, 0.1) is 0 Å². The minimum Gasteiger partial charge on any atom is -0.661 e. The minimum absolute atomic E-state index is 0. The molecule has 4 atom stereocenters. The number of nitrogens with zero attached hydrogens (tertiary/aromatic N) is 12. The van der Waals surface area contributed by atoms with E-state index in [1.807, 2.05) is 0 Å². The molecule has 3 fully saturated rings. The largest absolute Gasteiger partial charge is 6.00 e. The van der Waals surface area contributed by atoms with Gasteiger partial charge in [-0.1, -0.05) is 70.3 Å². The molecule has 1 radical (unpaired) electrons. The van der Waals surface area contributed by atoms with Gasteiger partial charge in [-0.2, -0.15) is 12.1 Å². The van der Waals surface area contributed by atoms with Gasteiger partial charge < -0.3 is 144 Å². The van der Waals surface area contributed by atoms with Gasteiger partial charge in [0.2, 0.25) is 0 Å². The summed E-state index contributed by atoms with van der Waals surface area (Å²) < 4.78 is 0. The maximum Gasteiger partial charge on any atom is 6.00 e. The Hall–Kier alpha value is -1.42. The normalized spacial score (nSPS) is 18.2. The summed E-state index contributed by atoms with van der Waals surface area (Å²) in [5.74, 6) is 0. The van der Waals surface area contributed by atoms with Crippen molar-refractivity contribution in [3.8, 4) is 0 Å². The maximum atomic E-state index is 6.25. The molecule has 13 nitrogen and oxygen atoms in total. The molecule has 0 bridgehead atoms. The van der Waals surface area contributed by atoms with Gasteiger partial charge in [0, 0.05) is 68.3 Å². The molecule has 2 N–H and O–H groups in total. The van der Waals surface area contributed by atoms with Crippen LogP contribution >= 0.6 is 0 Å². The van der Waals surface area contributed by atoms with Crippen LogP contribution in [0.15, 0.2) is 12.2 Å². The number of piperidine rings is 3. The summed E-state index contributed by atoms with van der Waals surface area (Å²) >= 11 is 0. The molecule has 3 saturated heterocycles. The molecule has 285 valence electrons. The van der Waals surface area contributed by atoms with Crippen molar-refractivity contribution < 1.29 is 108 Å². The molecule has 0 aliphatic carbocycles. The van der Waals surface area contributed by atoms with Gasteiger partial charge in [0.15, 0.2) is 0 Å². The second kappa shape index (κ2) is 110. The van der Waals surface area contributed by atoms with Crippen LogP contribution in [-0.4, -0.2) is 55.8 Å². The Labute approximate surface area is 369 Å². The van der Waals surface area contributed by atoms with Gasteiger partial charge in [-0.3, -0.25) is 0 Å². The van der Waals surface area contributed by atoms with Crippen molar-refractivity contribution in [2.75, 3.05) is 26.2 Å². The summed E-state index contributed by atoms with van der Waals surface area (Å²) in [6, 6.07) is 2.12. The van der Waals surface area contributed by atoms with E-state index in [1.165, 1.54) is 57.8 Å². The third-order valence-corrected chi connectivity index (χ3v) is 5.62. The number of hydrogen-bond acceptors (Lipinski definition) is 8. The summed E-state index contributed by atoms with van der Waals surface area (Å²) in [6.45, 7) is 42.3. The summed E-state index contributed by atoms with van der Waals surface area (Å²) in [5, 5.41) is 68.5. The van der Waals surface area contributed by atoms with E-state index < -0.39 is 0 Å². The van der Waals surface area contributed by atoms with Crippen molar-refractivity contribution in [1.82, 2.24) is 0 Å². The van der Waals surface area contributed by atoms with Crippen molar-refractivity contribution in [3.63, 3.8) is 0 Å². The monoisotopic (exact) mass is 936 g/mol. The summed E-state index contributed by atoms with van der Waals surface area (Å²) in [4.78, 5) is 0. The van der Waals surface area contributed by atoms with E-state index in [0.29, 0.717) is 24.2 Å². The van der Waals surface area contributed by atoms with Crippen molar-refractivity contribution in [1.29, 1.82) is 42.1 Å². The zero-order chi connectivity index (χ0) is 32.5. The first-order valence-electron chi connectivity index (χ1n) is 12.1. The van der Waals surface area contributed by atoms with E-state index in [0.717, 1.165) is 32.6 Å². The van der Waals surface area contributed by atoms with Gasteiger partial charge in [-0.25, -0.2) is 0 Å². The quantitative estimate of drug-likeness (QED) is 0.162. The molecule has 50 heavy (non-hydrogen) atoms. The third kappa shape index (κ3) is 65.0. The Morgan fingerprint density at radius 3 is 0.880 bits per heavy atom. The van der Waals surface area contributed by atoms with Crippen LogP contribution in [0.3, 0.4) is 0 Å². The molecule has 0 spiro atoms. The zero-order valence-electron chi connectivity index (χ0n) is 28.4. The smallest absolute Gasteiger partial charge is 0.661 e. The van der Waals surface area contributed by atoms with Crippen molar-refractivity contribution >= 4 is 0 Å². The van der Waals surface area contributed by atoms with E-state index in [4.69, 9.17) is 94.7 Å². The van der Waals surface area contributed by atoms with E-state index in [-0.39, 0.29) is 130 Å². The maximum absolute atomic E-state index is 6.25. The molecule has 0 aromatic rings. The van der Waals surface area contributed by atoms with E-state index in [2.05, 4.69) is 33.4 Å². The summed E-state index contributed by atoms with van der Waals surface area (Å²) in [6.07, 6.45) is 17.5. The fourth-order valence-electron chi connectivity index (χ4n) is 4.19. The molecule has 4 heterocycles. The second-order valence-electron chi connectivity index (χ2n) is 7.52. The number of rotatable bonds is 2. The molecule has 0 saturated carbocycles. The fourth-order valence-corrected chi connectivity index (χ4v) is 4.19. The first kappa shape index (κ1) is 104. The standard InChI is InChI=1S/C10H18N2.C10H16N2.8CN.3CH3.5Fe.Mn.H2O/c2*1-3-7-11-9(5-1)10-6-2-4-8-12-10;8*1-2;;;;;;;;;;/h9-10H,1-8H2;1,5,9-10H,2-4,6-8H2;;;;;;;;;3*1H3;;;;;;;1H2/q2*-2;11*-1;;;;2*+6;;. The Bertz CT molecular complexity index is 620. The van der Waals surface area contributed by atoms with E-state index in [9.17, 15) is 0 Å². The molecule has 0 aromatic heterocycles. The topological polar surface area (TPSA) is 278 Å². The Morgan fingerprint density at radius 2 is 0.680 bits per heavy atom. The molecule has 19 heteroatoms. The van der Waals surface area contributed by atoms with Crippen LogP contribution in [-0.2, 0) is 102 Å². The van der Waals surface area contributed by atoms with Crippen LogP contribution in [0.5, 0.6) is 0 Å². The minimum atomic E-state index is 0. The molecule has 0 aromatic carbocycles. The molecule has 4 aliphatic rings. The zero-order valence-corrected chi connectivity index (χ0v) is 35.1. The Balaban J connectivity index is -0.0000000207. The first-order chi connectivity index (χ1) is 19.9. The summed E-state index contributed by atoms with van der Waals surface area (Å²) in [7, 11) is 0. The average Bonchev–Trinajstić information content (AvgIpc) is 3.13. The van der Waals surface area contributed by atoms with E-state index >= 15 is 0 Å². The third-order valence-electron chi connectivity index (χ3n) is 5.62. The predicted molar refractivity (Wildman–Crippen MR) is 166 cm³/mol. The Morgan fingerprint density at radius 1 is 0.420 bits per heavy atom. The van der Waals surface area contributed by atoms with Crippen LogP contribution in [0.1, 0.15) is 64.2 Å². The van der Waals surface area contributed by atoms with Gasteiger partial charge >= 0.3 is 34.1 Å². The molecule has 4 rings (SSSR count).